The monoisotopic (exact) mass is 793 g/mol. The van der Waals surface area contributed by atoms with E-state index >= 15 is 0 Å². The molecule has 0 aromatic carbocycles. The van der Waals surface area contributed by atoms with Crippen LogP contribution in [0.5, 0.6) is 17.2 Å². The number of hydrogen-bond donors (Lipinski definition) is 0. The van der Waals surface area contributed by atoms with Crippen molar-refractivity contribution in [2.45, 2.75) is 131 Å². The molecule has 3 aliphatic heterocycles. The zero-order valence-electron chi connectivity index (χ0n) is 34.1. The van der Waals surface area contributed by atoms with Gasteiger partial charge in [0.15, 0.2) is 0 Å². The second-order valence-electron chi connectivity index (χ2n) is 16.6. The van der Waals surface area contributed by atoms with Gasteiger partial charge in [-0.1, -0.05) is 0 Å². The first kappa shape index (κ1) is 43.2. The first-order chi connectivity index (χ1) is 24.2. The highest BCUT2D eigenvalue weighted by Gasteiger charge is 2.40. The lowest BCUT2D eigenvalue weighted by atomic mass is 9.96. The maximum absolute atomic E-state index is 12.6. The lowest BCUT2D eigenvalue weighted by Crippen LogP contribution is -2.37. The molecule has 0 aliphatic carbocycles. The van der Waals surface area contributed by atoms with Gasteiger partial charge in [-0.25, -0.2) is 0 Å². The summed E-state index contributed by atoms with van der Waals surface area (Å²) in [6.45, 7) is 29.8. The summed E-state index contributed by atoms with van der Waals surface area (Å²) in [7, 11) is -4.47. The summed E-state index contributed by atoms with van der Waals surface area (Å²) in [4.78, 5) is 13.0. The van der Waals surface area contributed by atoms with Crippen molar-refractivity contribution in [2.75, 3.05) is 26.7 Å². The molecule has 0 spiro atoms. The molecular formula is C39H58ClN3O8P2. The Morgan fingerprint density at radius 3 is 1.40 bits per heavy atom. The van der Waals surface area contributed by atoms with E-state index in [1.54, 1.807) is 25.7 Å². The number of nitrogens with zero attached hydrogens (tertiary/aromatic N) is 3. The van der Waals surface area contributed by atoms with Gasteiger partial charge < -0.3 is 37.6 Å². The van der Waals surface area contributed by atoms with Crippen LogP contribution in [0.4, 0.5) is 0 Å². The van der Waals surface area contributed by atoms with E-state index in [9.17, 15) is 9.13 Å². The Morgan fingerprint density at radius 2 is 1.00 bits per heavy atom. The van der Waals surface area contributed by atoms with Crippen molar-refractivity contribution >= 4 is 25.9 Å². The molecule has 0 N–H and O–H groups in total. The molecule has 0 saturated carbocycles. The summed E-state index contributed by atoms with van der Waals surface area (Å²) in [5, 5.41) is -0.452. The van der Waals surface area contributed by atoms with Gasteiger partial charge in [-0.15, -0.1) is 11.6 Å². The predicted molar refractivity (Wildman–Crippen MR) is 211 cm³/mol. The summed E-state index contributed by atoms with van der Waals surface area (Å²) in [6.07, 6.45) is 5.93. The van der Waals surface area contributed by atoms with Crippen molar-refractivity contribution < 1.29 is 37.6 Å². The Bertz CT molecular complexity index is 1930. The predicted octanol–water partition coefficient (Wildman–Crippen LogP) is 9.82. The molecule has 0 saturated heterocycles. The molecule has 0 fully saturated rings. The van der Waals surface area contributed by atoms with E-state index in [1.165, 1.54) is 0 Å². The number of halogens is 1. The van der Waals surface area contributed by atoms with Gasteiger partial charge in [0.2, 0.25) is 17.4 Å². The van der Waals surface area contributed by atoms with E-state index in [4.69, 9.17) is 40.0 Å². The van der Waals surface area contributed by atoms with Gasteiger partial charge >= 0.3 is 0 Å². The Balaban J connectivity index is 0.000000179. The molecule has 0 unspecified atom stereocenters. The topological polar surface area (TPSA) is 128 Å². The largest absolute Gasteiger partial charge is 0.461 e. The van der Waals surface area contributed by atoms with Crippen LogP contribution in [0.1, 0.15) is 106 Å². The number of pyridine rings is 3. The third-order valence-corrected chi connectivity index (χ3v) is 13.9. The van der Waals surface area contributed by atoms with Crippen molar-refractivity contribution in [1.29, 1.82) is 0 Å². The number of hydrogen-bond acceptors (Lipinski definition) is 11. The molecule has 0 atom stereocenters. The quantitative estimate of drug-likeness (QED) is 0.181. The molecule has 3 aromatic rings. The van der Waals surface area contributed by atoms with Crippen LogP contribution in [0, 0.1) is 20.8 Å². The molecule has 0 radical (unpaired) electrons. The minimum atomic E-state index is -2.34. The second-order valence-corrected chi connectivity index (χ2v) is 24.1. The molecule has 6 rings (SSSR count). The maximum Gasteiger partial charge on any atom is 0.205 e. The maximum atomic E-state index is 12.6. The molecule has 11 nitrogen and oxygen atoms in total. The highest BCUT2D eigenvalue weighted by atomic mass is 35.5. The highest BCUT2D eigenvalue weighted by molar-refractivity contribution is 7.63. The zero-order valence-corrected chi connectivity index (χ0v) is 36.7. The third-order valence-electron chi connectivity index (χ3n) is 9.56. The van der Waals surface area contributed by atoms with Crippen LogP contribution in [-0.4, -0.2) is 59.0 Å². The average molecular weight is 794 g/mol. The number of aryl methyl sites for hydroxylation is 3. The Hall–Kier alpha value is -2.52. The summed E-state index contributed by atoms with van der Waals surface area (Å²) in [6, 6.07) is 0. The van der Waals surface area contributed by atoms with Crippen molar-refractivity contribution in [3.63, 3.8) is 0 Å². The average Bonchev–Trinajstić information content (AvgIpc) is 3.02. The van der Waals surface area contributed by atoms with Crippen LogP contribution in [0.25, 0.3) is 0 Å². The Morgan fingerprint density at radius 1 is 0.642 bits per heavy atom. The summed E-state index contributed by atoms with van der Waals surface area (Å²) >= 11 is 5.84. The van der Waals surface area contributed by atoms with Gasteiger partial charge in [0.05, 0.1) is 51.2 Å². The van der Waals surface area contributed by atoms with Crippen LogP contribution in [0.15, 0.2) is 18.6 Å². The van der Waals surface area contributed by atoms with Gasteiger partial charge in [0, 0.05) is 94.0 Å². The van der Waals surface area contributed by atoms with E-state index in [-0.39, 0.29) is 0 Å². The lowest BCUT2D eigenvalue weighted by Gasteiger charge is -2.38. The first-order valence-corrected chi connectivity index (χ1v) is 23.7. The van der Waals surface area contributed by atoms with E-state index in [0.29, 0.717) is 31.9 Å². The third kappa shape index (κ3) is 10.4. The van der Waals surface area contributed by atoms with Crippen LogP contribution in [0.3, 0.4) is 0 Å². The number of aromatic nitrogens is 3. The lowest BCUT2D eigenvalue weighted by molar-refractivity contribution is -0.181. The number of rotatable bonds is 5. The smallest absolute Gasteiger partial charge is 0.205 e. The minimum Gasteiger partial charge on any atom is -0.461 e. The van der Waals surface area contributed by atoms with E-state index < -0.39 is 36.8 Å². The van der Waals surface area contributed by atoms with E-state index in [2.05, 4.69) is 15.0 Å². The minimum absolute atomic E-state index is 0.433. The van der Waals surface area contributed by atoms with Crippen molar-refractivity contribution in [2.24, 2.45) is 0 Å². The van der Waals surface area contributed by atoms with Crippen molar-refractivity contribution in [1.82, 2.24) is 15.0 Å². The van der Waals surface area contributed by atoms with E-state index in [0.717, 1.165) is 67.7 Å². The Labute approximate surface area is 321 Å². The van der Waals surface area contributed by atoms with Crippen LogP contribution >= 0.6 is 25.9 Å². The zero-order chi connectivity index (χ0) is 39.9. The fourth-order valence-electron chi connectivity index (χ4n) is 5.90. The highest BCUT2D eigenvalue weighted by Crippen LogP contribution is 2.59. The summed E-state index contributed by atoms with van der Waals surface area (Å²) < 4.78 is 59.1. The summed E-state index contributed by atoms with van der Waals surface area (Å²) in [5.74, 6) is 0.972. The molecule has 0 amide bonds. The molecule has 53 heavy (non-hydrogen) atoms. The fraction of sp³-hybridized carbons (Fsp3) is 0.615. The molecule has 3 aromatic heterocycles. The number of fused-ring (bicyclic) bond motifs is 3. The van der Waals surface area contributed by atoms with Gasteiger partial charge in [0.25, 0.3) is 0 Å². The first-order valence-electron chi connectivity index (χ1n) is 17.7. The molecule has 3 aliphatic rings. The molecule has 14 heteroatoms. The number of ether oxygens (including phenoxy) is 6. The standard InChI is InChI=1S/C15H24NO3P.C13H20NO3P.C11H14ClNO2/c1-10-13-11(9-18-15(4,5)19-13)12(8-16-10)14(2,3)20(6,7)17;1-9-12-11(7-16-13(2,3)17-12)10(6-14-9)8-18(4,5)15;1-7-10-9(8(4-12)5-13-7)6-14-11(2,3)15-10/h8H,9H2,1-7H3;6H,7-8H2,1-5H3;5H,4,6H2,1-3H3. The molecule has 294 valence electrons. The van der Waals surface area contributed by atoms with Gasteiger partial charge in [-0.3, -0.25) is 15.0 Å². The SMILES string of the molecule is Cc1ncc(C(C)(C)P(C)(C)=O)c2c1OC(C)(C)OC2.Cc1ncc(CCl)c2c1OC(C)(C)OC2.Cc1ncc(CP(C)(C)=O)c2c1OC(C)(C)OC2. The fourth-order valence-corrected chi connectivity index (χ4v) is 7.99. The second kappa shape index (κ2) is 15.5. The van der Waals surface area contributed by atoms with Crippen molar-refractivity contribution in [3.05, 3.63) is 69.1 Å². The van der Waals surface area contributed by atoms with Gasteiger partial charge in [0.1, 0.15) is 17.2 Å². The van der Waals surface area contributed by atoms with Gasteiger partial charge in [-0.2, -0.15) is 0 Å². The normalized spacial score (nSPS) is 18.2. The Kier molecular flexibility index (Phi) is 12.7. The van der Waals surface area contributed by atoms with Crippen LogP contribution in [-0.2, 0) is 60.4 Å². The van der Waals surface area contributed by atoms with Crippen molar-refractivity contribution in [3.8, 4) is 17.2 Å². The molecule has 0 bridgehead atoms. The van der Waals surface area contributed by atoms with E-state index in [1.807, 2.05) is 95.7 Å². The van der Waals surface area contributed by atoms with Gasteiger partial charge in [-0.05, 0) is 78.0 Å². The summed E-state index contributed by atoms with van der Waals surface area (Å²) in [5.41, 5.74) is 8.49. The molecular weight excluding hydrogens is 736 g/mol. The molecule has 6 heterocycles. The van der Waals surface area contributed by atoms with Crippen LogP contribution < -0.4 is 14.2 Å². The van der Waals surface area contributed by atoms with Crippen LogP contribution in [0.2, 0.25) is 0 Å². The number of alkyl halides is 1.